The first-order valence-corrected chi connectivity index (χ1v) is 5.97. The number of allylic oxidation sites excluding steroid dienone is 2. The minimum Gasteiger partial charge on any atom is -0.480 e. The minimum absolute atomic E-state index is 0.330. The fourth-order valence-electron chi connectivity index (χ4n) is 1.90. The van der Waals surface area contributed by atoms with E-state index in [2.05, 4.69) is 31.9 Å². The molecule has 0 unspecified atom stereocenters. The third-order valence-electron chi connectivity index (χ3n) is 2.99. The Hall–Kier alpha value is 0.170. The van der Waals surface area contributed by atoms with Crippen LogP contribution in [0.4, 0.5) is 0 Å². The van der Waals surface area contributed by atoms with E-state index < -0.39 is 14.6 Å². The molecule has 1 aliphatic carbocycles. The van der Waals surface area contributed by atoms with Gasteiger partial charge < -0.3 is 5.11 Å². The lowest BCUT2D eigenvalue weighted by molar-refractivity contribution is -0.137. The number of alkyl halides is 2. The van der Waals surface area contributed by atoms with E-state index in [0.29, 0.717) is 0 Å². The zero-order chi connectivity index (χ0) is 11.4. The monoisotopic (exact) mass is 324 g/mol. The van der Waals surface area contributed by atoms with Crippen LogP contribution in [-0.4, -0.2) is 19.7 Å². The summed E-state index contributed by atoms with van der Waals surface area (Å²) in [6.45, 7) is 7.80. The second-order valence-corrected chi connectivity index (χ2v) is 6.96. The first-order valence-electron chi connectivity index (χ1n) is 4.38. The summed E-state index contributed by atoms with van der Waals surface area (Å²) in [5, 5.41) is 9.19. The van der Waals surface area contributed by atoms with Crippen LogP contribution >= 0.6 is 31.9 Å². The first-order chi connectivity index (χ1) is 6.11. The second-order valence-electron chi connectivity index (χ2n) is 4.52. The van der Waals surface area contributed by atoms with E-state index in [1.165, 1.54) is 0 Å². The Morgan fingerprint density at radius 3 is 1.93 bits per heavy atom. The molecule has 0 aromatic rings. The number of hydrogen-bond donors (Lipinski definition) is 1. The molecule has 0 radical (unpaired) electrons. The number of carboxylic acid groups (broad SMARTS) is 1. The molecule has 0 aromatic heterocycles. The predicted octanol–water partition coefficient (Wildman–Crippen LogP) is 3.34. The molecule has 0 aromatic carbocycles. The van der Waals surface area contributed by atoms with Crippen molar-refractivity contribution in [2.45, 2.75) is 36.3 Å². The van der Waals surface area contributed by atoms with Crippen molar-refractivity contribution in [2.75, 3.05) is 0 Å². The van der Waals surface area contributed by atoms with E-state index in [9.17, 15) is 9.90 Å². The van der Waals surface area contributed by atoms with Crippen molar-refractivity contribution in [1.29, 1.82) is 0 Å². The van der Waals surface area contributed by atoms with Gasteiger partial charge in [-0.15, -0.1) is 0 Å². The molecule has 80 valence electrons. The summed E-state index contributed by atoms with van der Waals surface area (Å²) in [6.07, 6.45) is 1.97. The molecule has 0 saturated heterocycles. The highest BCUT2D eigenvalue weighted by Gasteiger charge is 2.84. The predicted molar refractivity (Wildman–Crippen MR) is 64.2 cm³/mol. The summed E-state index contributed by atoms with van der Waals surface area (Å²) in [5.41, 5.74) is 0.779. The Morgan fingerprint density at radius 1 is 1.29 bits per heavy atom. The van der Waals surface area contributed by atoms with Gasteiger partial charge in [0.05, 0.1) is 4.32 Å². The molecule has 2 atom stereocenters. The molecular formula is C10H14Br2O2. The quantitative estimate of drug-likeness (QED) is 0.624. The van der Waals surface area contributed by atoms with Crippen LogP contribution in [0.1, 0.15) is 27.7 Å². The molecule has 0 spiro atoms. The smallest absolute Gasteiger partial charge is 0.322 e. The molecule has 0 amide bonds. The summed E-state index contributed by atoms with van der Waals surface area (Å²) in [7, 11) is 0. The third kappa shape index (κ3) is 1.16. The Balaban J connectivity index is 3.18. The van der Waals surface area contributed by atoms with E-state index >= 15 is 0 Å². The Labute approximate surface area is 101 Å². The van der Waals surface area contributed by atoms with Crippen molar-refractivity contribution in [1.82, 2.24) is 0 Å². The van der Waals surface area contributed by atoms with Crippen LogP contribution in [0.2, 0.25) is 0 Å². The molecule has 0 bridgehead atoms. The molecule has 0 aliphatic heterocycles. The van der Waals surface area contributed by atoms with Gasteiger partial charge in [-0.2, -0.15) is 0 Å². The van der Waals surface area contributed by atoms with Crippen molar-refractivity contribution >= 4 is 37.8 Å². The van der Waals surface area contributed by atoms with Gasteiger partial charge in [-0.25, -0.2) is 0 Å². The van der Waals surface area contributed by atoms with Crippen LogP contribution < -0.4 is 0 Å². The van der Waals surface area contributed by atoms with Crippen LogP contribution in [0.5, 0.6) is 0 Å². The largest absolute Gasteiger partial charge is 0.480 e. The molecule has 4 heteroatoms. The zero-order valence-electron chi connectivity index (χ0n) is 8.69. The molecule has 1 N–H and O–H groups in total. The number of hydrogen-bond acceptors (Lipinski definition) is 1. The lowest BCUT2D eigenvalue weighted by atomic mass is 10.1. The number of carboxylic acids is 1. The summed E-state index contributed by atoms with van der Waals surface area (Å²) < 4.78 is -1.39. The molecule has 1 fully saturated rings. The first kappa shape index (κ1) is 12.2. The molecule has 2 nitrogen and oxygen atoms in total. The average Bonchev–Trinajstić information content (AvgIpc) is 2.30. The van der Waals surface area contributed by atoms with Gasteiger partial charge in [-0.05, 0) is 13.8 Å². The number of aliphatic carboxylic acids is 1. The molecule has 1 rings (SSSR count). The van der Waals surface area contributed by atoms with E-state index in [-0.39, 0.29) is 5.41 Å². The van der Waals surface area contributed by atoms with Crippen LogP contribution in [0.25, 0.3) is 0 Å². The van der Waals surface area contributed by atoms with Gasteiger partial charge in [-0.1, -0.05) is 57.4 Å². The van der Waals surface area contributed by atoms with E-state index in [1.54, 1.807) is 0 Å². The fraction of sp³-hybridized carbons (Fsp3) is 0.700. The van der Waals surface area contributed by atoms with Gasteiger partial charge in [0.1, 0.15) is 4.32 Å². The molecular weight excluding hydrogens is 312 g/mol. The minimum atomic E-state index is -0.899. The Bertz CT molecular complexity index is 318. The highest BCUT2D eigenvalue weighted by Crippen LogP contribution is 2.75. The normalized spacial score (nSPS) is 39.0. The highest BCUT2D eigenvalue weighted by atomic mass is 79.9. The lowest BCUT2D eigenvalue weighted by Gasteiger charge is -2.07. The highest BCUT2D eigenvalue weighted by molar-refractivity contribution is 9.13. The maximum absolute atomic E-state index is 11.2. The Kier molecular flexibility index (Phi) is 2.69. The SMILES string of the molecule is CC(C)=C[C@@]1(Br)C(C)(C)[C@@]1(Br)C(=O)O. The third-order valence-corrected chi connectivity index (χ3v) is 7.29. The van der Waals surface area contributed by atoms with Crippen molar-refractivity contribution in [3.8, 4) is 0 Å². The van der Waals surface area contributed by atoms with Crippen molar-refractivity contribution in [2.24, 2.45) is 5.41 Å². The van der Waals surface area contributed by atoms with Gasteiger partial charge in [0.25, 0.3) is 0 Å². The van der Waals surface area contributed by atoms with Gasteiger partial charge in [0, 0.05) is 5.41 Å². The van der Waals surface area contributed by atoms with E-state index in [4.69, 9.17) is 0 Å². The van der Waals surface area contributed by atoms with E-state index in [1.807, 2.05) is 33.8 Å². The molecule has 0 heterocycles. The van der Waals surface area contributed by atoms with Gasteiger partial charge in [0.2, 0.25) is 0 Å². The van der Waals surface area contributed by atoms with Crippen LogP contribution in [0.3, 0.4) is 0 Å². The second kappa shape index (κ2) is 3.08. The molecule has 14 heavy (non-hydrogen) atoms. The zero-order valence-corrected chi connectivity index (χ0v) is 11.9. The maximum atomic E-state index is 11.2. The maximum Gasteiger partial charge on any atom is 0.322 e. The molecule has 1 aliphatic rings. The summed E-state index contributed by atoms with van der Waals surface area (Å²) in [6, 6.07) is 0. The Morgan fingerprint density at radius 2 is 1.71 bits per heavy atom. The van der Waals surface area contributed by atoms with Crippen molar-refractivity contribution < 1.29 is 9.90 Å². The number of halogens is 2. The van der Waals surface area contributed by atoms with Crippen molar-refractivity contribution in [3.63, 3.8) is 0 Å². The fourth-order valence-corrected chi connectivity index (χ4v) is 4.31. The van der Waals surface area contributed by atoms with Crippen molar-refractivity contribution in [3.05, 3.63) is 11.6 Å². The number of rotatable bonds is 2. The van der Waals surface area contributed by atoms with Crippen LogP contribution in [0, 0.1) is 5.41 Å². The van der Waals surface area contributed by atoms with E-state index in [0.717, 1.165) is 5.57 Å². The van der Waals surface area contributed by atoms with Gasteiger partial charge >= 0.3 is 5.97 Å². The summed E-state index contributed by atoms with van der Waals surface area (Å²) in [5.74, 6) is -0.822. The standard InChI is InChI=1S/C10H14Br2O2/c1-6(2)5-9(11)8(3,4)10(9,12)7(13)14/h5H,1-4H3,(H,13,14)/t9-,10+/m1/s1. The van der Waals surface area contributed by atoms with Crippen LogP contribution in [-0.2, 0) is 4.79 Å². The summed E-state index contributed by atoms with van der Waals surface area (Å²) >= 11 is 6.87. The number of carbonyl (C=O) groups is 1. The molecule has 1 saturated carbocycles. The average molecular weight is 326 g/mol. The van der Waals surface area contributed by atoms with Crippen LogP contribution in [0.15, 0.2) is 11.6 Å². The van der Waals surface area contributed by atoms with Gasteiger partial charge in [0.15, 0.2) is 0 Å². The topological polar surface area (TPSA) is 37.3 Å². The summed E-state index contributed by atoms with van der Waals surface area (Å²) in [4.78, 5) is 11.2. The lowest BCUT2D eigenvalue weighted by Crippen LogP contribution is -2.23. The van der Waals surface area contributed by atoms with Gasteiger partial charge in [-0.3, -0.25) is 4.79 Å².